The molecule has 5 aliphatic heterocycles. The van der Waals surface area contributed by atoms with Gasteiger partial charge in [0.15, 0.2) is 37.6 Å². The van der Waals surface area contributed by atoms with Gasteiger partial charge in [-0.25, -0.2) is 0 Å². The number of hydrogen-bond acceptors (Lipinski definition) is 24. The Morgan fingerprint density at radius 1 is 0.637 bits per heavy atom. The predicted octanol–water partition coefficient (Wildman–Crippen LogP) is 0.0732. The number of allylic oxidation sites excluding steroid dienone is 1. The van der Waals surface area contributed by atoms with Gasteiger partial charge in [-0.1, -0.05) is 25.5 Å². The summed E-state index contributed by atoms with van der Waals surface area (Å²) in [5.74, 6) is 0.964. The molecule has 0 radical (unpaired) electrons. The lowest BCUT2D eigenvalue weighted by atomic mass is 9.47. The molecule has 0 bridgehead atoms. The lowest BCUT2D eigenvalue weighted by Gasteiger charge is -2.58. The van der Waals surface area contributed by atoms with E-state index in [1.807, 2.05) is 13.8 Å². The Hall–Kier alpha value is -1.67. The van der Waals surface area contributed by atoms with Crippen LogP contribution >= 0.6 is 0 Å². The second-order valence-electron chi connectivity index (χ2n) is 24.7. The summed E-state index contributed by atoms with van der Waals surface area (Å²) in [6, 6.07) is 0. The third kappa shape index (κ3) is 12.1. The highest BCUT2D eigenvalue weighted by molar-refractivity contribution is 5.66. The van der Waals surface area contributed by atoms with Crippen LogP contribution in [0.1, 0.15) is 106 Å². The zero-order valence-corrected chi connectivity index (χ0v) is 47.8. The summed E-state index contributed by atoms with van der Waals surface area (Å²) >= 11 is 0. The second kappa shape index (κ2) is 25.7. The van der Waals surface area contributed by atoms with E-state index < -0.39 is 167 Å². The molecule has 0 aromatic heterocycles. The number of methoxy groups -OCH3 is 3. The van der Waals surface area contributed by atoms with Crippen molar-refractivity contribution >= 4 is 5.97 Å². The number of aliphatic hydroxyl groups excluding tert-OH is 9. The molecule has 0 spiro atoms. The second-order valence-corrected chi connectivity index (χ2v) is 24.7. The van der Waals surface area contributed by atoms with E-state index in [0.29, 0.717) is 24.2 Å². The van der Waals surface area contributed by atoms with E-state index in [-0.39, 0.29) is 29.0 Å². The van der Waals surface area contributed by atoms with Crippen LogP contribution in [0.5, 0.6) is 0 Å². The third-order valence-electron chi connectivity index (χ3n) is 20.2. The Balaban J connectivity index is 0.819. The molecule has 0 aromatic carbocycles. The fourth-order valence-corrected chi connectivity index (χ4v) is 15.7. The van der Waals surface area contributed by atoms with Crippen LogP contribution in [0.2, 0.25) is 0 Å². The highest BCUT2D eigenvalue weighted by Gasteiger charge is 2.61. The van der Waals surface area contributed by atoms with Crippen molar-refractivity contribution in [2.24, 2.45) is 34.5 Å². The van der Waals surface area contributed by atoms with E-state index >= 15 is 0 Å². The maximum Gasteiger partial charge on any atom is 0.303 e. The average Bonchev–Trinajstić information content (AvgIpc) is 4.01. The molecule has 460 valence electrons. The normalized spacial score (nSPS) is 52.0. The van der Waals surface area contributed by atoms with E-state index in [2.05, 4.69) is 19.9 Å². The van der Waals surface area contributed by atoms with Gasteiger partial charge >= 0.3 is 5.97 Å². The molecule has 8 fully saturated rings. The largest absolute Gasteiger partial charge is 0.454 e. The molecule has 9 aliphatic rings. The van der Waals surface area contributed by atoms with E-state index in [0.717, 1.165) is 51.4 Å². The molecule has 9 N–H and O–H groups in total. The highest BCUT2D eigenvalue weighted by Crippen LogP contribution is 2.67. The summed E-state index contributed by atoms with van der Waals surface area (Å²) in [6.07, 6.45) is -18.1. The van der Waals surface area contributed by atoms with Gasteiger partial charge in [0.1, 0.15) is 85.5 Å². The van der Waals surface area contributed by atoms with Gasteiger partial charge in [0.25, 0.3) is 0 Å². The highest BCUT2D eigenvalue weighted by atomic mass is 16.8. The van der Waals surface area contributed by atoms with Gasteiger partial charge in [0.05, 0.1) is 49.8 Å². The monoisotopic (exact) mass is 1150 g/mol. The van der Waals surface area contributed by atoms with Crippen molar-refractivity contribution < 1.29 is 117 Å². The fourth-order valence-electron chi connectivity index (χ4n) is 15.7. The van der Waals surface area contributed by atoms with Crippen LogP contribution in [-0.2, 0) is 71.1 Å². The van der Waals surface area contributed by atoms with Crippen LogP contribution in [0.25, 0.3) is 0 Å². The Morgan fingerprint density at radius 3 is 1.91 bits per heavy atom. The Kier molecular flexibility index (Phi) is 20.2. The van der Waals surface area contributed by atoms with Gasteiger partial charge in [-0.05, 0) is 114 Å². The minimum absolute atomic E-state index is 0.00929. The van der Waals surface area contributed by atoms with Gasteiger partial charge in [-0.15, -0.1) is 0 Å². The number of rotatable bonds is 17. The van der Waals surface area contributed by atoms with Crippen molar-refractivity contribution in [3.63, 3.8) is 0 Å². The molecule has 32 atom stereocenters. The summed E-state index contributed by atoms with van der Waals surface area (Å²) in [7, 11) is 4.47. The van der Waals surface area contributed by atoms with Gasteiger partial charge in [0.2, 0.25) is 0 Å². The number of aliphatic hydroxyl groups is 9. The lowest BCUT2D eigenvalue weighted by molar-refractivity contribution is -0.376. The molecule has 4 aliphatic carbocycles. The van der Waals surface area contributed by atoms with Crippen molar-refractivity contribution in [1.29, 1.82) is 0 Å². The third-order valence-corrected chi connectivity index (χ3v) is 20.2. The molecule has 24 heteroatoms. The summed E-state index contributed by atoms with van der Waals surface area (Å²) in [6.45, 7) is 12.2. The van der Waals surface area contributed by atoms with E-state index in [9.17, 15) is 50.8 Å². The molecule has 3 saturated carbocycles. The lowest BCUT2D eigenvalue weighted by Crippen LogP contribution is -2.65. The molecule has 80 heavy (non-hydrogen) atoms. The quantitative estimate of drug-likeness (QED) is 0.0688. The minimum atomic E-state index is -1.81. The van der Waals surface area contributed by atoms with Crippen LogP contribution in [0.3, 0.4) is 0 Å². The van der Waals surface area contributed by atoms with Crippen LogP contribution < -0.4 is 0 Å². The number of hydrogen-bond donors (Lipinski definition) is 9. The van der Waals surface area contributed by atoms with Crippen molar-refractivity contribution in [1.82, 2.24) is 0 Å². The van der Waals surface area contributed by atoms with Gasteiger partial charge in [0, 0.05) is 34.7 Å². The number of ether oxygens (including phenoxy) is 14. The first kappa shape index (κ1) is 62.8. The SMILES string of the molecule is CO[C@H]1[C@@H](O)[C@@H](C)O[C@@H](O[C@H]2[C@@H](OC)C[C@@H](O[C@H]3CC[C@@]4(C)C(=CC[C@H]5[C@@H]6CC[C@H]([C@H](C)O[C@@H]7O[C@H](C)[C@H](O)[C@H](OC)[C@H]7O[C@@H]7O[C@H](CO[C@@H]8O[C@H](CO)[C@@H](O)[C@H](O)[C@H]8O)[C@@H](O)[C@H](O)[C@H]7O)[C@@]6(C)CC[C@@H]54)C3)O[C@@H]2C)[C@@H]1OC(C)=O. The summed E-state index contributed by atoms with van der Waals surface area (Å²) < 4.78 is 85.4. The number of carbonyl (C=O) groups is 1. The molecule has 0 unspecified atom stereocenters. The van der Waals surface area contributed by atoms with Crippen molar-refractivity contribution in [2.75, 3.05) is 34.5 Å². The molecule has 9 rings (SSSR count). The van der Waals surface area contributed by atoms with Crippen LogP contribution in [0.15, 0.2) is 11.6 Å². The zero-order chi connectivity index (χ0) is 57.9. The zero-order valence-electron chi connectivity index (χ0n) is 47.8. The molecule has 0 amide bonds. The smallest absolute Gasteiger partial charge is 0.303 e. The molecular weight excluding hydrogens is 1060 g/mol. The summed E-state index contributed by atoms with van der Waals surface area (Å²) in [4.78, 5) is 12.1. The van der Waals surface area contributed by atoms with Crippen molar-refractivity contribution in [3.05, 3.63) is 11.6 Å². The average molecular weight is 1150 g/mol. The Labute approximate surface area is 468 Å². The molecular formula is C56H92O24. The standard InChI is InChI=1S/C56H92O24/c1-23(72-53-50(48(69-10)39(60)24(2)73-53)80-52-45(66)43(64)41(62)36(78-52)22-70-51-44(65)42(63)40(61)35(21-57)77-51)31-13-14-32-30-12-11-28-19-29(15-17-55(28,6)33(30)16-18-56(31,32)7)76-37-20-34(67-8)46(26(4)71-37)79-54-49(75-27(5)58)47(68-9)38(59)25(3)74-54/h11,23-26,29-54,57,59-66H,12-22H2,1-10H3/t23-,24+,25+,26+,29-,30-,31+,32-,33-,34-,35+,36+,37+,38-,39-,40+,41+,42-,43-,44+,45+,46+,47-,48-,49+,50+,51+,52-,53+,54-,55-,56+/m0/s1. The van der Waals surface area contributed by atoms with E-state index in [4.69, 9.17) is 66.3 Å². The number of fused-ring (bicyclic) bond motifs is 5. The van der Waals surface area contributed by atoms with Crippen LogP contribution in [-0.4, -0.2) is 246 Å². The Bertz CT molecular complexity index is 2070. The molecule has 0 aromatic rings. The number of carbonyl (C=O) groups excluding carboxylic acids is 1. The van der Waals surface area contributed by atoms with Crippen molar-refractivity contribution in [3.8, 4) is 0 Å². The molecule has 5 heterocycles. The van der Waals surface area contributed by atoms with Gasteiger partial charge < -0.3 is 112 Å². The van der Waals surface area contributed by atoms with E-state index in [1.165, 1.54) is 26.7 Å². The molecule has 24 nitrogen and oxygen atoms in total. The van der Waals surface area contributed by atoms with Gasteiger partial charge in [-0.3, -0.25) is 4.79 Å². The van der Waals surface area contributed by atoms with Crippen LogP contribution in [0.4, 0.5) is 0 Å². The Morgan fingerprint density at radius 2 is 1.26 bits per heavy atom. The van der Waals surface area contributed by atoms with Crippen LogP contribution in [0, 0.1) is 34.5 Å². The fraction of sp³-hybridized carbons (Fsp3) is 0.946. The topological polar surface area (TPSA) is 328 Å². The first-order valence-electron chi connectivity index (χ1n) is 29.0. The molecule has 5 saturated heterocycles. The summed E-state index contributed by atoms with van der Waals surface area (Å²) in [5.41, 5.74) is 1.38. The first-order chi connectivity index (χ1) is 38.0. The summed E-state index contributed by atoms with van der Waals surface area (Å²) in [5, 5.41) is 96.0. The maximum atomic E-state index is 12.1. The maximum absolute atomic E-state index is 12.1. The van der Waals surface area contributed by atoms with E-state index in [1.54, 1.807) is 21.0 Å². The minimum Gasteiger partial charge on any atom is -0.454 e. The van der Waals surface area contributed by atoms with Gasteiger partial charge in [-0.2, -0.15) is 0 Å². The first-order valence-corrected chi connectivity index (χ1v) is 29.0. The van der Waals surface area contributed by atoms with Crippen molar-refractivity contribution in [2.45, 2.75) is 266 Å². The number of esters is 1. The predicted molar refractivity (Wildman–Crippen MR) is 274 cm³/mol.